The Morgan fingerprint density at radius 1 is 1.23 bits per heavy atom. The van der Waals surface area contributed by atoms with E-state index in [4.69, 9.17) is 0 Å². The van der Waals surface area contributed by atoms with E-state index >= 15 is 0 Å². The number of amides is 1. The highest BCUT2D eigenvalue weighted by atomic mass is 32.1. The number of likely N-dealkylation sites (tertiary alicyclic amines) is 1. The van der Waals surface area contributed by atoms with Crippen molar-refractivity contribution in [1.82, 2.24) is 20.1 Å². The number of pyridine rings is 1. The fourth-order valence-corrected chi connectivity index (χ4v) is 4.96. The van der Waals surface area contributed by atoms with Crippen LogP contribution in [0.25, 0.3) is 0 Å². The minimum absolute atomic E-state index is 0.166. The Hall–Kier alpha value is -2.02. The fourth-order valence-electron chi connectivity index (χ4n) is 4.15. The van der Waals surface area contributed by atoms with Gasteiger partial charge in [-0.1, -0.05) is 24.3 Å². The monoisotopic (exact) mass is 371 g/mol. The molecule has 2 aliphatic heterocycles. The molecule has 2 aromatic rings. The van der Waals surface area contributed by atoms with Crippen molar-refractivity contribution in [3.63, 3.8) is 0 Å². The van der Waals surface area contributed by atoms with Crippen LogP contribution in [0.1, 0.15) is 43.3 Å². The number of piperidine rings is 2. The van der Waals surface area contributed by atoms with Gasteiger partial charge in [0, 0.05) is 37.7 Å². The Balaban J connectivity index is 1.49. The van der Waals surface area contributed by atoms with Gasteiger partial charge in [-0.15, -0.1) is 10.2 Å². The molecular formula is C19H25N5OS. The van der Waals surface area contributed by atoms with Gasteiger partial charge in [-0.2, -0.15) is 0 Å². The summed E-state index contributed by atoms with van der Waals surface area (Å²) in [6.07, 6.45) is 6.66. The number of nitrogens with zero attached hydrogens (tertiary/aromatic N) is 5. The van der Waals surface area contributed by atoms with E-state index in [2.05, 4.69) is 27.0 Å². The molecule has 4 heterocycles. The Bertz CT molecular complexity index is 764. The van der Waals surface area contributed by atoms with Crippen LogP contribution in [-0.2, 0) is 17.8 Å². The molecular weight excluding hydrogens is 346 g/mol. The lowest BCUT2D eigenvalue weighted by Crippen LogP contribution is -2.53. The van der Waals surface area contributed by atoms with E-state index < -0.39 is 0 Å². The number of hydrogen-bond donors (Lipinski definition) is 0. The van der Waals surface area contributed by atoms with Crippen LogP contribution in [0.4, 0.5) is 5.13 Å². The molecule has 0 aliphatic carbocycles. The normalized spacial score (nSPS) is 23.7. The van der Waals surface area contributed by atoms with Gasteiger partial charge in [0.05, 0.1) is 12.2 Å². The van der Waals surface area contributed by atoms with E-state index in [1.165, 1.54) is 6.42 Å². The lowest BCUT2D eigenvalue weighted by molar-refractivity contribution is -0.138. The molecule has 6 nitrogen and oxygen atoms in total. The highest BCUT2D eigenvalue weighted by molar-refractivity contribution is 7.15. The molecule has 2 fully saturated rings. The molecule has 2 saturated heterocycles. The summed E-state index contributed by atoms with van der Waals surface area (Å²) in [6.45, 7) is 5.55. The van der Waals surface area contributed by atoms with Crippen LogP contribution in [0, 0.1) is 5.41 Å². The third-order valence-electron chi connectivity index (χ3n) is 5.52. The molecule has 0 aromatic carbocycles. The highest BCUT2D eigenvalue weighted by Gasteiger charge is 2.42. The third-order valence-corrected chi connectivity index (χ3v) is 6.65. The first kappa shape index (κ1) is 17.4. The average molecular weight is 372 g/mol. The predicted molar refractivity (Wildman–Crippen MR) is 102 cm³/mol. The topological polar surface area (TPSA) is 62.2 Å². The average Bonchev–Trinajstić information content (AvgIpc) is 3.15. The summed E-state index contributed by atoms with van der Waals surface area (Å²) < 4.78 is 0. The molecule has 1 unspecified atom stereocenters. The Morgan fingerprint density at radius 2 is 2.15 bits per heavy atom. The van der Waals surface area contributed by atoms with Gasteiger partial charge in [0.25, 0.3) is 0 Å². The van der Waals surface area contributed by atoms with Crippen molar-refractivity contribution in [3.05, 3.63) is 35.1 Å². The van der Waals surface area contributed by atoms with Crippen LogP contribution in [0.5, 0.6) is 0 Å². The maximum atomic E-state index is 12.5. The second-order valence-electron chi connectivity index (χ2n) is 7.43. The van der Waals surface area contributed by atoms with Crippen LogP contribution < -0.4 is 4.90 Å². The lowest BCUT2D eigenvalue weighted by Gasteiger charge is -2.48. The molecule has 4 rings (SSSR count). The van der Waals surface area contributed by atoms with Gasteiger partial charge in [0.15, 0.2) is 0 Å². The molecule has 138 valence electrons. The molecule has 0 saturated carbocycles. The standard InChI is InChI=1S/C19H25N5OS/c1-2-16-21-22-18(26-16)23-11-5-8-19(13-23)9-7-17(25)24(14-19)12-15-6-3-4-10-20-15/h3-4,6,10H,2,5,7-9,11-14H2,1H3. The maximum Gasteiger partial charge on any atom is 0.222 e. The summed E-state index contributed by atoms with van der Waals surface area (Å²) in [5.74, 6) is 0.252. The number of carbonyl (C=O) groups excluding carboxylic acids is 1. The molecule has 1 amide bonds. The Morgan fingerprint density at radius 3 is 2.92 bits per heavy atom. The minimum atomic E-state index is 0.166. The number of carbonyl (C=O) groups is 1. The van der Waals surface area contributed by atoms with Crippen molar-refractivity contribution in [1.29, 1.82) is 0 Å². The third kappa shape index (κ3) is 3.58. The van der Waals surface area contributed by atoms with Crippen LogP contribution in [-0.4, -0.2) is 45.6 Å². The highest BCUT2D eigenvalue weighted by Crippen LogP contribution is 2.41. The van der Waals surface area contributed by atoms with Gasteiger partial charge >= 0.3 is 0 Å². The van der Waals surface area contributed by atoms with Gasteiger partial charge in [-0.3, -0.25) is 9.78 Å². The number of aromatic nitrogens is 3. The minimum Gasteiger partial charge on any atom is -0.346 e. The molecule has 2 aliphatic rings. The second kappa shape index (κ2) is 7.31. The van der Waals surface area contributed by atoms with E-state index in [9.17, 15) is 4.79 Å². The predicted octanol–water partition coefficient (Wildman–Crippen LogP) is 2.90. The quantitative estimate of drug-likeness (QED) is 0.827. The summed E-state index contributed by atoms with van der Waals surface area (Å²) in [5, 5.41) is 10.8. The molecule has 7 heteroatoms. The van der Waals surface area contributed by atoms with Crippen LogP contribution >= 0.6 is 11.3 Å². The molecule has 0 bridgehead atoms. The number of aryl methyl sites for hydroxylation is 1. The van der Waals surface area contributed by atoms with E-state index in [1.54, 1.807) is 17.5 Å². The van der Waals surface area contributed by atoms with Crippen LogP contribution in [0.2, 0.25) is 0 Å². The van der Waals surface area contributed by atoms with E-state index in [0.717, 1.165) is 54.7 Å². The van der Waals surface area contributed by atoms with Crippen molar-refractivity contribution in [3.8, 4) is 0 Å². The number of hydrogen-bond acceptors (Lipinski definition) is 6. The van der Waals surface area contributed by atoms with Crippen LogP contribution in [0.3, 0.4) is 0 Å². The second-order valence-corrected chi connectivity index (χ2v) is 8.47. The van der Waals surface area contributed by atoms with Crippen molar-refractivity contribution in [2.45, 2.75) is 45.6 Å². The first-order valence-electron chi connectivity index (χ1n) is 9.42. The fraction of sp³-hybridized carbons (Fsp3) is 0.579. The maximum absolute atomic E-state index is 12.5. The van der Waals surface area contributed by atoms with Crippen molar-refractivity contribution >= 4 is 22.4 Å². The largest absolute Gasteiger partial charge is 0.346 e. The summed E-state index contributed by atoms with van der Waals surface area (Å²) in [7, 11) is 0. The van der Waals surface area contributed by atoms with Gasteiger partial charge in [-0.05, 0) is 37.8 Å². The summed E-state index contributed by atoms with van der Waals surface area (Å²) in [6, 6.07) is 5.89. The van der Waals surface area contributed by atoms with Gasteiger partial charge in [0.1, 0.15) is 5.01 Å². The van der Waals surface area contributed by atoms with Gasteiger partial charge in [0.2, 0.25) is 11.0 Å². The smallest absolute Gasteiger partial charge is 0.222 e. The molecule has 1 spiro atoms. The zero-order chi connectivity index (χ0) is 18.0. The molecule has 1 atom stereocenters. The van der Waals surface area contributed by atoms with Crippen molar-refractivity contribution in [2.24, 2.45) is 5.41 Å². The van der Waals surface area contributed by atoms with Gasteiger partial charge < -0.3 is 9.80 Å². The molecule has 0 N–H and O–H groups in total. The lowest BCUT2D eigenvalue weighted by atomic mass is 9.73. The van der Waals surface area contributed by atoms with E-state index in [0.29, 0.717) is 13.0 Å². The first-order valence-corrected chi connectivity index (χ1v) is 10.2. The summed E-state index contributed by atoms with van der Waals surface area (Å²) in [4.78, 5) is 21.3. The molecule has 2 aromatic heterocycles. The Labute approximate surface area is 158 Å². The Kier molecular flexibility index (Phi) is 4.89. The zero-order valence-electron chi connectivity index (χ0n) is 15.2. The van der Waals surface area contributed by atoms with Crippen molar-refractivity contribution < 1.29 is 4.79 Å². The van der Waals surface area contributed by atoms with Gasteiger partial charge in [-0.25, -0.2) is 0 Å². The molecule has 26 heavy (non-hydrogen) atoms. The molecule has 0 radical (unpaired) electrons. The van der Waals surface area contributed by atoms with E-state index in [-0.39, 0.29) is 11.3 Å². The summed E-state index contributed by atoms with van der Waals surface area (Å²) >= 11 is 1.70. The SMILES string of the molecule is CCc1nnc(N2CCCC3(CCC(=O)N(Cc4ccccn4)C3)C2)s1. The summed E-state index contributed by atoms with van der Waals surface area (Å²) in [5.41, 5.74) is 1.13. The van der Waals surface area contributed by atoms with Crippen molar-refractivity contribution in [2.75, 3.05) is 24.5 Å². The zero-order valence-corrected chi connectivity index (χ0v) is 16.0. The van der Waals surface area contributed by atoms with Crippen LogP contribution in [0.15, 0.2) is 24.4 Å². The first-order chi connectivity index (χ1) is 12.7. The number of anilines is 1. The van der Waals surface area contributed by atoms with E-state index in [1.807, 2.05) is 23.1 Å². The number of rotatable bonds is 4.